The summed E-state index contributed by atoms with van der Waals surface area (Å²) in [6.45, 7) is 4.17. The molecule has 1 N–H and O–H groups in total. The van der Waals surface area contributed by atoms with Crippen LogP contribution in [0.4, 0.5) is 5.69 Å². The van der Waals surface area contributed by atoms with E-state index in [1.165, 1.54) is 0 Å². The molecule has 0 aliphatic carbocycles. The number of nitriles is 1. The maximum Gasteiger partial charge on any atom is 0.270 e. The van der Waals surface area contributed by atoms with Gasteiger partial charge in [0.15, 0.2) is 11.5 Å². The molecule has 0 aliphatic heterocycles. The molecule has 0 heterocycles. The number of benzene rings is 3. The lowest BCUT2D eigenvalue weighted by molar-refractivity contribution is -0.123. The number of methoxy groups -OCH3 is 1. The third-order valence-corrected chi connectivity index (χ3v) is 4.57. The molecule has 1 atom stereocenters. The number of anilines is 1. The van der Waals surface area contributed by atoms with Gasteiger partial charge in [-0.25, -0.2) is 0 Å². The average molecular weight is 416 g/mol. The Morgan fingerprint density at radius 1 is 1.03 bits per heavy atom. The van der Waals surface area contributed by atoms with Gasteiger partial charge in [0.05, 0.1) is 31.0 Å². The van der Waals surface area contributed by atoms with Gasteiger partial charge in [0.1, 0.15) is 5.75 Å². The van der Waals surface area contributed by atoms with E-state index in [2.05, 4.69) is 11.4 Å². The fourth-order valence-corrected chi connectivity index (χ4v) is 3.09. The van der Waals surface area contributed by atoms with E-state index in [0.29, 0.717) is 40.7 Å². The Bertz CT molecular complexity index is 1090. The predicted octanol–water partition coefficient (Wildman–Crippen LogP) is 5.03. The normalized spacial score (nSPS) is 11.2. The summed E-state index contributed by atoms with van der Waals surface area (Å²) in [7, 11) is 1.55. The van der Waals surface area contributed by atoms with Crippen LogP contribution in [-0.4, -0.2) is 19.6 Å². The number of hydrogen-bond donors (Lipinski definition) is 1. The van der Waals surface area contributed by atoms with E-state index in [0.717, 1.165) is 5.56 Å². The second-order valence-electron chi connectivity index (χ2n) is 6.81. The summed E-state index contributed by atoms with van der Waals surface area (Å²) < 4.78 is 17.1. The van der Waals surface area contributed by atoms with Crippen molar-refractivity contribution in [3.8, 4) is 23.3 Å². The summed E-state index contributed by atoms with van der Waals surface area (Å²) in [5.74, 6) is 0.977. The fourth-order valence-electron chi connectivity index (χ4n) is 3.09. The van der Waals surface area contributed by atoms with Crippen LogP contribution in [0, 0.1) is 18.3 Å². The highest BCUT2D eigenvalue weighted by atomic mass is 16.5. The lowest BCUT2D eigenvalue weighted by Gasteiger charge is -2.21. The maximum absolute atomic E-state index is 13.3. The average Bonchev–Trinajstić information content (AvgIpc) is 2.79. The summed E-state index contributed by atoms with van der Waals surface area (Å²) in [6, 6.07) is 21.7. The number of carbonyl (C=O) groups is 1. The minimum absolute atomic E-state index is 0.359. The molecule has 6 nitrogen and oxygen atoms in total. The van der Waals surface area contributed by atoms with Crippen molar-refractivity contribution >= 4 is 11.6 Å². The van der Waals surface area contributed by atoms with E-state index < -0.39 is 6.10 Å². The van der Waals surface area contributed by atoms with Crippen molar-refractivity contribution in [1.29, 1.82) is 5.26 Å². The van der Waals surface area contributed by atoms with Crippen LogP contribution in [-0.2, 0) is 4.79 Å². The molecule has 0 saturated heterocycles. The molecule has 158 valence electrons. The van der Waals surface area contributed by atoms with E-state index in [9.17, 15) is 10.1 Å². The zero-order valence-electron chi connectivity index (χ0n) is 17.7. The molecular weight excluding hydrogens is 392 g/mol. The highest BCUT2D eigenvalue weighted by Gasteiger charge is 2.25. The molecule has 0 aliphatic rings. The first kappa shape index (κ1) is 21.7. The standard InChI is InChI=1S/C25H24N2O4/c1-4-30-23-15-18(16-26)11-13-22(23)31-24(19-8-6-5-7-9-19)25(28)27-20-14-17(2)10-12-21(20)29-3/h5-15,24H,4H2,1-3H3,(H,27,28)/t24-/m1/s1. The van der Waals surface area contributed by atoms with Gasteiger partial charge in [0, 0.05) is 11.6 Å². The number of aryl methyl sites for hydroxylation is 1. The third-order valence-electron chi connectivity index (χ3n) is 4.57. The van der Waals surface area contributed by atoms with Gasteiger partial charge in [-0.05, 0) is 43.7 Å². The zero-order chi connectivity index (χ0) is 22.2. The Labute approximate surface area is 182 Å². The van der Waals surface area contributed by atoms with E-state index in [1.54, 1.807) is 31.4 Å². The van der Waals surface area contributed by atoms with Crippen LogP contribution in [0.2, 0.25) is 0 Å². The second-order valence-corrected chi connectivity index (χ2v) is 6.81. The van der Waals surface area contributed by atoms with Crippen molar-refractivity contribution in [1.82, 2.24) is 0 Å². The maximum atomic E-state index is 13.3. The van der Waals surface area contributed by atoms with Crippen molar-refractivity contribution < 1.29 is 19.0 Å². The molecule has 0 bridgehead atoms. The van der Waals surface area contributed by atoms with E-state index in [4.69, 9.17) is 14.2 Å². The number of amides is 1. The topological polar surface area (TPSA) is 80.6 Å². The highest BCUT2D eigenvalue weighted by Crippen LogP contribution is 2.34. The smallest absolute Gasteiger partial charge is 0.270 e. The van der Waals surface area contributed by atoms with Crippen LogP contribution in [0.25, 0.3) is 0 Å². The van der Waals surface area contributed by atoms with Crippen LogP contribution >= 0.6 is 0 Å². The van der Waals surface area contributed by atoms with E-state index in [1.807, 2.05) is 56.3 Å². The Morgan fingerprint density at radius 3 is 2.45 bits per heavy atom. The fraction of sp³-hybridized carbons (Fsp3) is 0.200. The Kier molecular flexibility index (Phi) is 7.13. The van der Waals surface area contributed by atoms with Crippen molar-refractivity contribution in [3.63, 3.8) is 0 Å². The summed E-state index contributed by atoms with van der Waals surface area (Å²) in [5.41, 5.74) is 2.67. The number of nitrogens with one attached hydrogen (secondary N) is 1. The van der Waals surface area contributed by atoms with E-state index >= 15 is 0 Å². The molecule has 0 fully saturated rings. The molecule has 1 amide bonds. The van der Waals surface area contributed by atoms with Gasteiger partial charge in [-0.3, -0.25) is 4.79 Å². The van der Waals surface area contributed by atoms with Gasteiger partial charge in [0.25, 0.3) is 5.91 Å². The largest absolute Gasteiger partial charge is 0.495 e. The lowest BCUT2D eigenvalue weighted by atomic mass is 10.1. The number of ether oxygens (including phenoxy) is 3. The Hall–Kier alpha value is -3.98. The lowest BCUT2D eigenvalue weighted by Crippen LogP contribution is -2.26. The summed E-state index contributed by atoms with van der Waals surface area (Å²) in [5, 5.41) is 12.1. The van der Waals surface area contributed by atoms with Crippen molar-refractivity contribution in [2.45, 2.75) is 20.0 Å². The number of nitrogens with zero attached hydrogens (tertiary/aromatic N) is 1. The molecule has 31 heavy (non-hydrogen) atoms. The molecule has 0 aromatic heterocycles. The molecule has 0 unspecified atom stereocenters. The molecule has 0 radical (unpaired) electrons. The first-order valence-corrected chi connectivity index (χ1v) is 9.89. The second kappa shape index (κ2) is 10.2. The van der Waals surface area contributed by atoms with Crippen molar-refractivity contribution in [3.05, 3.63) is 83.4 Å². The van der Waals surface area contributed by atoms with Gasteiger partial charge in [-0.15, -0.1) is 0 Å². The predicted molar refractivity (Wildman–Crippen MR) is 118 cm³/mol. The summed E-state index contributed by atoms with van der Waals surface area (Å²) >= 11 is 0. The SMILES string of the molecule is CCOc1cc(C#N)ccc1O[C@@H](C(=O)Nc1cc(C)ccc1OC)c1ccccc1. The van der Waals surface area contributed by atoms with E-state index in [-0.39, 0.29) is 5.91 Å². The van der Waals surface area contributed by atoms with Crippen molar-refractivity contribution in [2.24, 2.45) is 0 Å². The molecule has 6 heteroatoms. The number of hydrogen-bond acceptors (Lipinski definition) is 5. The van der Waals surface area contributed by atoms with Crippen LogP contribution in [0.3, 0.4) is 0 Å². The van der Waals surface area contributed by atoms with Crippen LogP contribution in [0.15, 0.2) is 66.7 Å². The zero-order valence-corrected chi connectivity index (χ0v) is 17.7. The minimum atomic E-state index is -0.946. The molecule has 3 aromatic rings. The summed E-state index contributed by atoms with van der Waals surface area (Å²) in [4.78, 5) is 13.3. The monoisotopic (exact) mass is 416 g/mol. The number of rotatable bonds is 8. The molecule has 0 saturated carbocycles. The van der Waals surface area contributed by atoms with Crippen molar-refractivity contribution in [2.75, 3.05) is 19.0 Å². The van der Waals surface area contributed by atoms with Gasteiger partial charge >= 0.3 is 0 Å². The Morgan fingerprint density at radius 2 is 1.77 bits per heavy atom. The quantitative estimate of drug-likeness (QED) is 0.557. The minimum Gasteiger partial charge on any atom is -0.495 e. The highest BCUT2D eigenvalue weighted by molar-refractivity contribution is 5.96. The Balaban J connectivity index is 1.96. The van der Waals surface area contributed by atoms with Crippen LogP contribution in [0.5, 0.6) is 17.2 Å². The van der Waals surface area contributed by atoms with Gasteiger partial charge < -0.3 is 19.5 Å². The number of carbonyl (C=O) groups excluding carboxylic acids is 1. The molecule has 0 spiro atoms. The first-order valence-electron chi connectivity index (χ1n) is 9.89. The van der Waals surface area contributed by atoms with Gasteiger partial charge in [-0.1, -0.05) is 36.4 Å². The van der Waals surface area contributed by atoms with Gasteiger partial charge in [-0.2, -0.15) is 5.26 Å². The molecular formula is C25H24N2O4. The molecule has 3 rings (SSSR count). The first-order chi connectivity index (χ1) is 15.0. The molecule has 3 aromatic carbocycles. The third kappa shape index (κ3) is 5.34. The van der Waals surface area contributed by atoms with Crippen LogP contribution in [0.1, 0.15) is 29.7 Å². The summed E-state index contributed by atoms with van der Waals surface area (Å²) in [6.07, 6.45) is -0.946. The van der Waals surface area contributed by atoms with Crippen LogP contribution < -0.4 is 19.5 Å². The van der Waals surface area contributed by atoms with Gasteiger partial charge in [0.2, 0.25) is 6.10 Å².